The molecule has 0 amide bonds. The van der Waals surface area contributed by atoms with Gasteiger partial charge in [-0.25, -0.2) is 0 Å². The molecule has 116 valence electrons. The molecule has 3 aromatic rings. The third kappa shape index (κ3) is 4.23. The first-order valence-electron chi connectivity index (χ1n) is 7.72. The molecule has 23 heavy (non-hydrogen) atoms. The lowest BCUT2D eigenvalue weighted by Crippen LogP contribution is -1.98. The number of hydrogen-bond acceptors (Lipinski definition) is 1. The number of benzene rings is 3. The van der Waals surface area contributed by atoms with Gasteiger partial charge in [-0.1, -0.05) is 60.7 Å². The number of halogens is 1. The zero-order chi connectivity index (χ0) is 16.1. The van der Waals surface area contributed by atoms with Gasteiger partial charge in [-0.15, -0.1) is 0 Å². The quantitative estimate of drug-likeness (QED) is 0.543. The van der Waals surface area contributed by atoms with Crippen molar-refractivity contribution in [2.75, 3.05) is 0 Å². The molecule has 0 bridgehead atoms. The van der Waals surface area contributed by atoms with E-state index in [0.717, 1.165) is 16.6 Å². The molecular formula is C21H19BrO. The summed E-state index contributed by atoms with van der Waals surface area (Å²) in [4.78, 5) is 0. The Morgan fingerprint density at radius 3 is 2.09 bits per heavy atom. The maximum atomic E-state index is 5.96. The Morgan fingerprint density at radius 1 is 0.826 bits per heavy atom. The van der Waals surface area contributed by atoms with Gasteiger partial charge in [0, 0.05) is 0 Å². The van der Waals surface area contributed by atoms with Gasteiger partial charge in [-0.05, 0) is 63.7 Å². The van der Waals surface area contributed by atoms with Crippen LogP contribution in [0.4, 0.5) is 0 Å². The highest BCUT2D eigenvalue weighted by Crippen LogP contribution is 2.30. The Kier molecular flexibility index (Phi) is 5.14. The van der Waals surface area contributed by atoms with Crippen LogP contribution in [-0.4, -0.2) is 0 Å². The second-order valence-corrected chi connectivity index (χ2v) is 6.50. The highest BCUT2D eigenvalue weighted by atomic mass is 79.9. The number of ether oxygens (including phenoxy) is 1. The zero-order valence-corrected chi connectivity index (χ0v) is 14.7. The summed E-state index contributed by atoms with van der Waals surface area (Å²) in [5, 5.41) is 0. The summed E-state index contributed by atoms with van der Waals surface area (Å²) in [6, 6.07) is 25.0. The van der Waals surface area contributed by atoms with Gasteiger partial charge in [-0.2, -0.15) is 0 Å². The standard InChI is InChI=1S/C21H19BrO/c1-16-12-21(23-15-18-10-6-3-7-11-18)20(22)14-19(16)13-17-8-4-2-5-9-17/h2-12,14H,13,15H2,1H3. The van der Waals surface area contributed by atoms with Crippen LogP contribution in [0, 0.1) is 6.92 Å². The maximum absolute atomic E-state index is 5.96. The second kappa shape index (κ2) is 7.47. The minimum Gasteiger partial charge on any atom is -0.488 e. The smallest absolute Gasteiger partial charge is 0.134 e. The molecule has 3 aromatic carbocycles. The van der Waals surface area contributed by atoms with Crippen molar-refractivity contribution in [1.82, 2.24) is 0 Å². The molecule has 0 heterocycles. The Labute approximate surface area is 146 Å². The summed E-state index contributed by atoms with van der Waals surface area (Å²) < 4.78 is 6.97. The predicted molar refractivity (Wildman–Crippen MR) is 98.9 cm³/mol. The van der Waals surface area contributed by atoms with E-state index in [9.17, 15) is 0 Å². The van der Waals surface area contributed by atoms with Crippen LogP contribution in [0.5, 0.6) is 5.75 Å². The molecule has 0 aliphatic rings. The molecule has 3 rings (SSSR count). The molecule has 0 radical (unpaired) electrons. The van der Waals surface area contributed by atoms with Gasteiger partial charge >= 0.3 is 0 Å². The molecule has 0 saturated heterocycles. The summed E-state index contributed by atoms with van der Waals surface area (Å²) in [5.74, 6) is 0.892. The fraction of sp³-hybridized carbons (Fsp3) is 0.143. The van der Waals surface area contributed by atoms with E-state index in [-0.39, 0.29) is 0 Å². The molecule has 0 spiro atoms. The summed E-state index contributed by atoms with van der Waals surface area (Å²) in [6.07, 6.45) is 0.935. The highest BCUT2D eigenvalue weighted by molar-refractivity contribution is 9.10. The lowest BCUT2D eigenvalue weighted by Gasteiger charge is -2.13. The molecule has 0 atom stereocenters. The van der Waals surface area contributed by atoms with E-state index in [2.05, 4.69) is 71.4 Å². The van der Waals surface area contributed by atoms with Crippen LogP contribution >= 0.6 is 15.9 Å². The molecule has 2 heteroatoms. The fourth-order valence-corrected chi connectivity index (χ4v) is 3.05. The molecule has 0 aliphatic heterocycles. The van der Waals surface area contributed by atoms with Crippen LogP contribution in [0.25, 0.3) is 0 Å². The van der Waals surface area contributed by atoms with Gasteiger partial charge in [0.2, 0.25) is 0 Å². The van der Waals surface area contributed by atoms with Gasteiger partial charge in [0.1, 0.15) is 12.4 Å². The van der Waals surface area contributed by atoms with Gasteiger partial charge in [0.05, 0.1) is 4.47 Å². The van der Waals surface area contributed by atoms with E-state index >= 15 is 0 Å². The van der Waals surface area contributed by atoms with Crippen molar-refractivity contribution in [3.05, 3.63) is 99.5 Å². The fourth-order valence-electron chi connectivity index (χ4n) is 2.55. The van der Waals surface area contributed by atoms with E-state index in [1.54, 1.807) is 0 Å². The first kappa shape index (κ1) is 15.8. The minimum absolute atomic E-state index is 0.580. The third-order valence-corrected chi connectivity index (χ3v) is 4.48. The molecule has 0 N–H and O–H groups in total. The van der Waals surface area contributed by atoms with Crippen molar-refractivity contribution in [2.45, 2.75) is 20.0 Å². The molecule has 0 fully saturated rings. The third-order valence-electron chi connectivity index (χ3n) is 3.87. The molecule has 0 aromatic heterocycles. The average Bonchev–Trinajstić information content (AvgIpc) is 2.58. The summed E-state index contributed by atoms with van der Waals surface area (Å²) in [6.45, 7) is 2.72. The van der Waals surface area contributed by atoms with Crippen LogP contribution in [-0.2, 0) is 13.0 Å². The Morgan fingerprint density at radius 2 is 1.43 bits per heavy atom. The molecule has 0 unspecified atom stereocenters. The van der Waals surface area contributed by atoms with Crippen molar-refractivity contribution >= 4 is 15.9 Å². The van der Waals surface area contributed by atoms with Crippen molar-refractivity contribution < 1.29 is 4.74 Å². The van der Waals surface area contributed by atoms with Gasteiger partial charge in [0.25, 0.3) is 0 Å². The van der Waals surface area contributed by atoms with E-state index in [1.165, 1.54) is 22.3 Å². The van der Waals surface area contributed by atoms with Crippen LogP contribution in [0.1, 0.15) is 22.3 Å². The predicted octanol–water partition coefficient (Wildman–Crippen LogP) is 5.93. The topological polar surface area (TPSA) is 9.23 Å². The highest BCUT2D eigenvalue weighted by Gasteiger charge is 2.08. The normalized spacial score (nSPS) is 10.5. The van der Waals surface area contributed by atoms with Gasteiger partial charge < -0.3 is 4.74 Å². The second-order valence-electron chi connectivity index (χ2n) is 5.65. The first-order valence-corrected chi connectivity index (χ1v) is 8.51. The van der Waals surface area contributed by atoms with E-state index in [1.807, 2.05) is 24.3 Å². The van der Waals surface area contributed by atoms with Gasteiger partial charge in [0.15, 0.2) is 0 Å². The van der Waals surface area contributed by atoms with Gasteiger partial charge in [-0.3, -0.25) is 0 Å². The maximum Gasteiger partial charge on any atom is 0.134 e. The average molecular weight is 367 g/mol. The van der Waals surface area contributed by atoms with E-state index in [4.69, 9.17) is 4.74 Å². The van der Waals surface area contributed by atoms with Crippen LogP contribution in [0.3, 0.4) is 0 Å². The van der Waals surface area contributed by atoms with Crippen LogP contribution in [0.15, 0.2) is 77.3 Å². The van der Waals surface area contributed by atoms with Crippen LogP contribution < -0.4 is 4.74 Å². The van der Waals surface area contributed by atoms with Crippen molar-refractivity contribution in [2.24, 2.45) is 0 Å². The molecular weight excluding hydrogens is 348 g/mol. The molecule has 0 saturated carbocycles. The summed E-state index contributed by atoms with van der Waals surface area (Å²) >= 11 is 3.64. The first-order chi connectivity index (χ1) is 11.2. The minimum atomic E-state index is 0.580. The lowest BCUT2D eigenvalue weighted by molar-refractivity contribution is 0.304. The zero-order valence-electron chi connectivity index (χ0n) is 13.1. The number of hydrogen-bond donors (Lipinski definition) is 0. The number of rotatable bonds is 5. The van der Waals surface area contributed by atoms with Crippen molar-refractivity contribution in [1.29, 1.82) is 0 Å². The van der Waals surface area contributed by atoms with Crippen molar-refractivity contribution in [3.8, 4) is 5.75 Å². The van der Waals surface area contributed by atoms with Crippen molar-refractivity contribution in [3.63, 3.8) is 0 Å². The molecule has 1 nitrogen and oxygen atoms in total. The van der Waals surface area contributed by atoms with E-state index < -0.39 is 0 Å². The van der Waals surface area contributed by atoms with Crippen LogP contribution in [0.2, 0.25) is 0 Å². The number of aryl methyl sites for hydroxylation is 1. The Hall–Kier alpha value is -2.06. The molecule has 0 aliphatic carbocycles. The summed E-state index contributed by atoms with van der Waals surface area (Å²) in [7, 11) is 0. The lowest BCUT2D eigenvalue weighted by atomic mass is 10.0. The summed E-state index contributed by atoms with van der Waals surface area (Å²) in [5.41, 5.74) is 5.06. The Bertz CT molecular complexity index is 767. The largest absolute Gasteiger partial charge is 0.488 e. The monoisotopic (exact) mass is 366 g/mol. The SMILES string of the molecule is Cc1cc(OCc2ccccc2)c(Br)cc1Cc1ccccc1. The Balaban J connectivity index is 1.75. The van der Waals surface area contributed by atoms with E-state index in [0.29, 0.717) is 6.61 Å².